The number of hydrogen-bond donors (Lipinski definition) is 1. The minimum absolute atomic E-state index is 0.422. The van der Waals surface area contributed by atoms with Gasteiger partial charge in [-0.25, -0.2) is 0 Å². The molecule has 2 heterocycles. The molecule has 0 aromatic heterocycles. The van der Waals surface area contributed by atoms with Crippen molar-refractivity contribution in [3.8, 4) is 0 Å². The Hall–Kier alpha value is -0.160. The minimum Gasteiger partial charge on any atom is -0.374 e. The van der Waals surface area contributed by atoms with E-state index >= 15 is 0 Å². The lowest BCUT2D eigenvalue weighted by atomic mass is 9.90. The number of hydrogen-bond acceptors (Lipinski definition) is 4. The monoisotopic (exact) mass is 297 g/mol. The zero-order chi connectivity index (χ0) is 15.1. The van der Waals surface area contributed by atoms with Crippen molar-refractivity contribution in [2.24, 2.45) is 5.92 Å². The molecule has 2 saturated heterocycles. The van der Waals surface area contributed by atoms with Crippen molar-refractivity contribution in [3.05, 3.63) is 0 Å². The first-order valence-corrected chi connectivity index (χ1v) is 9.02. The van der Waals surface area contributed by atoms with E-state index in [0.29, 0.717) is 12.1 Å². The molecule has 0 radical (unpaired) electrons. The van der Waals surface area contributed by atoms with Gasteiger partial charge in [0.2, 0.25) is 0 Å². The molecule has 4 heteroatoms. The van der Waals surface area contributed by atoms with Crippen LogP contribution in [0.15, 0.2) is 0 Å². The summed E-state index contributed by atoms with van der Waals surface area (Å²) in [5.74, 6) is 0.854. The maximum Gasteiger partial charge on any atom is 0.0829 e. The van der Waals surface area contributed by atoms with E-state index in [1.807, 2.05) is 0 Å². The zero-order valence-electron chi connectivity index (χ0n) is 14.3. The maximum atomic E-state index is 5.94. The van der Waals surface area contributed by atoms with Gasteiger partial charge in [0.05, 0.1) is 12.7 Å². The van der Waals surface area contributed by atoms with Crippen LogP contribution in [0, 0.1) is 5.92 Å². The van der Waals surface area contributed by atoms with Gasteiger partial charge in [-0.3, -0.25) is 4.90 Å². The second kappa shape index (κ2) is 9.09. The van der Waals surface area contributed by atoms with Crippen LogP contribution in [0.2, 0.25) is 0 Å². The fraction of sp³-hybridized carbons (Fsp3) is 1.00. The predicted molar refractivity (Wildman–Crippen MR) is 88.8 cm³/mol. The molecular weight excluding hydrogens is 262 g/mol. The van der Waals surface area contributed by atoms with E-state index in [-0.39, 0.29) is 0 Å². The number of nitrogens with zero attached hydrogens (tertiary/aromatic N) is 2. The van der Waals surface area contributed by atoms with E-state index in [0.717, 1.165) is 45.2 Å². The number of ether oxygens (including phenoxy) is 1. The van der Waals surface area contributed by atoms with Crippen LogP contribution in [0.5, 0.6) is 0 Å². The van der Waals surface area contributed by atoms with Crippen LogP contribution >= 0.6 is 0 Å². The first-order chi connectivity index (χ1) is 10.2. The van der Waals surface area contributed by atoms with Gasteiger partial charge in [0.15, 0.2) is 0 Å². The number of likely N-dealkylation sites (N-methyl/N-ethyl adjacent to an activating group) is 1. The largest absolute Gasteiger partial charge is 0.374 e. The molecule has 2 aliphatic heterocycles. The van der Waals surface area contributed by atoms with Gasteiger partial charge in [0.1, 0.15) is 0 Å². The lowest BCUT2D eigenvalue weighted by Crippen LogP contribution is -2.49. The third-order valence-corrected chi connectivity index (χ3v) is 5.19. The highest BCUT2D eigenvalue weighted by Crippen LogP contribution is 2.21. The number of rotatable bonds is 7. The van der Waals surface area contributed by atoms with Crippen LogP contribution in [0.25, 0.3) is 0 Å². The molecule has 0 bridgehead atoms. The summed E-state index contributed by atoms with van der Waals surface area (Å²) < 4.78 is 5.94. The highest BCUT2D eigenvalue weighted by atomic mass is 16.5. The van der Waals surface area contributed by atoms with Gasteiger partial charge in [-0.2, -0.15) is 0 Å². The Morgan fingerprint density at radius 1 is 1.14 bits per heavy atom. The molecule has 1 N–H and O–H groups in total. The van der Waals surface area contributed by atoms with Crippen molar-refractivity contribution in [3.63, 3.8) is 0 Å². The van der Waals surface area contributed by atoms with E-state index in [4.69, 9.17) is 4.74 Å². The van der Waals surface area contributed by atoms with Gasteiger partial charge in [-0.1, -0.05) is 13.8 Å². The van der Waals surface area contributed by atoms with Crippen molar-refractivity contribution in [2.75, 3.05) is 52.4 Å². The Labute approximate surface area is 131 Å². The molecule has 2 aliphatic rings. The number of morpholine rings is 1. The average molecular weight is 297 g/mol. The van der Waals surface area contributed by atoms with Gasteiger partial charge in [-0.15, -0.1) is 0 Å². The third kappa shape index (κ3) is 5.51. The fourth-order valence-electron chi connectivity index (χ4n) is 3.64. The van der Waals surface area contributed by atoms with Crippen molar-refractivity contribution < 1.29 is 4.74 Å². The molecule has 2 unspecified atom stereocenters. The first kappa shape index (κ1) is 17.2. The van der Waals surface area contributed by atoms with Crippen LogP contribution in [0.4, 0.5) is 0 Å². The van der Waals surface area contributed by atoms with Crippen molar-refractivity contribution in [2.45, 2.75) is 52.2 Å². The lowest BCUT2D eigenvalue weighted by molar-refractivity contribution is -0.0457. The predicted octanol–water partition coefficient (Wildman–Crippen LogP) is 1.81. The second-order valence-corrected chi connectivity index (χ2v) is 6.77. The molecule has 0 aromatic carbocycles. The van der Waals surface area contributed by atoms with Crippen LogP contribution in [0.3, 0.4) is 0 Å². The van der Waals surface area contributed by atoms with Gasteiger partial charge >= 0.3 is 0 Å². The average Bonchev–Trinajstić information content (AvgIpc) is 2.53. The summed E-state index contributed by atoms with van der Waals surface area (Å²) in [5.41, 5.74) is 0. The van der Waals surface area contributed by atoms with E-state index in [1.165, 1.54) is 32.4 Å². The summed E-state index contributed by atoms with van der Waals surface area (Å²) >= 11 is 0. The summed E-state index contributed by atoms with van der Waals surface area (Å²) in [6.45, 7) is 15.9. The number of likely N-dealkylation sites (tertiary alicyclic amines) is 1. The van der Waals surface area contributed by atoms with Crippen molar-refractivity contribution in [1.82, 2.24) is 15.1 Å². The minimum atomic E-state index is 0.422. The molecule has 124 valence electrons. The normalized spacial score (nSPS) is 27.9. The quantitative estimate of drug-likeness (QED) is 0.775. The maximum absolute atomic E-state index is 5.94. The smallest absolute Gasteiger partial charge is 0.0829 e. The van der Waals surface area contributed by atoms with Gasteiger partial charge in [0.25, 0.3) is 0 Å². The van der Waals surface area contributed by atoms with Crippen LogP contribution in [0.1, 0.15) is 40.0 Å². The molecule has 2 atom stereocenters. The number of nitrogens with one attached hydrogen (secondary N) is 1. The Bertz CT molecular complexity index is 279. The Morgan fingerprint density at radius 3 is 2.57 bits per heavy atom. The molecule has 2 fully saturated rings. The van der Waals surface area contributed by atoms with Crippen molar-refractivity contribution >= 4 is 0 Å². The van der Waals surface area contributed by atoms with Crippen LogP contribution in [-0.4, -0.2) is 74.4 Å². The highest BCUT2D eigenvalue weighted by molar-refractivity contribution is 4.82. The zero-order valence-corrected chi connectivity index (χ0v) is 14.3. The Morgan fingerprint density at radius 2 is 1.90 bits per heavy atom. The summed E-state index contributed by atoms with van der Waals surface area (Å²) in [6, 6.07) is 0.675. The van der Waals surface area contributed by atoms with E-state index in [1.54, 1.807) is 0 Å². The first-order valence-electron chi connectivity index (χ1n) is 9.02. The van der Waals surface area contributed by atoms with Gasteiger partial charge in [-0.05, 0) is 58.3 Å². The Balaban J connectivity index is 1.66. The molecule has 21 heavy (non-hydrogen) atoms. The molecule has 0 saturated carbocycles. The van der Waals surface area contributed by atoms with E-state index in [9.17, 15) is 0 Å². The standard InChI is InChI=1S/C17H35N3O/c1-4-8-18-15(3)16-6-9-20(10-7-16)14-17-13-19(5-2)11-12-21-17/h15-18H,4-14H2,1-3H3. The van der Waals surface area contributed by atoms with E-state index < -0.39 is 0 Å². The van der Waals surface area contributed by atoms with Crippen LogP contribution < -0.4 is 5.32 Å². The molecular formula is C17H35N3O. The molecule has 0 amide bonds. The summed E-state index contributed by atoms with van der Waals surface area (Å²) in [5, 5.41) is 3.66. The lowest BCUT2D eigenvalue weighted by Gasteiger charge is -2.39. The van der Waals surface area contributed by atoms with E-state index in [2.05, 4.69) is 35.9 Å². The molecule has 4 nitrogen and oxygen atoms in total. The second-order valence-electron chi connectivity index (χ2n) is 6.77. The number of piperidine rings is 1. The highest BCUT2D eigenvalue weighted by Gasteiger charge is 2.27. The topological polar surface area (TPSA) is 27.7 Å². The summed E-state index contributed by atoms with van der Waals surface area (Å²) in [6.07, 6.45) is 4.33. The fourth-order valence-corrected chi connectivity index (χ4v) is 3.64. The van der Waals surface area contributed by atoms with Gasteiger partial charge < -0.3 is 15.0 Å². The summed E-state index contributed by atoms with van der Waals surface area (Å²) in [7, 11) is 0. The third-order valence-electron chi connectivity index (χ3n) is 5.19. The van der Waals surface area contributed by atoms with Crippen molar-refractivity contribution in [1.29, 1.82) is 0 Å². The molecule has 0 aliphatic carbocycles. The van der Waals surface area contributed by atoms with Gasteiger partial charge in [0, 0.05) is 25.7 Å². The molecule has 0 spiro atoms. The summed E-state index contributed by atoms with van der Waals surface area (Å²) in [4.78, 5) is 5.13. The Kier molecular flexibility index (Phi) is 7.44. The molecule has 2 rings (SSSR count). The van der Waals surface area contributed by atoms with Crippen LogP contribution in [-0.2, 0) is 4.74 Å². The molecule has 0 aromatic rings. The SMILES string of the molecule is CCCNC(C)C1CCN(CC2CN(CC)CCO2)CC1.